The molecule has 6 nitrogen and oxygen atoms in total. The van der Waals surface area contributed by atoms with Crippen LogP contribution in [0.5, 0.6) is 5.75 Å². The summed E-state index contributed by atoms with van der Waals surface area (Å²) in [6.45, 7) is 5.46. The Kier molecular flexibility index (Phi) is 4.56. The normalized spacial score (nSPS) is 10.7. The number of hydrogen-bond donors (Lipinski definition) is 1. The largest absolute Gasteiger partial charge is 0.471 e. The molecule has 0 radical (unpaired) electrons. The van der Waals surface area contributed by atoms with E-state index in [1.165, 1.54) is 18.4 Å². The van der Waals surface area contributed by atoms with E-state index < -0.39 is 0 Å². The van der Waals surface area contributed by atoms with Gasteiger partial charge in [-0.15, -0.1) is 0 Å². The minimum Gasteiger partial charge on any atom is -0.471 e. The maximum Gasteiger partial charge on any atom is 0.259 e. The van der Waals surface area contributed by atoms with Crippen LogP contribution in [0.25, 0.3) is 0 Å². The molecule has 2 heterocycles. The highest BCUT2D eigenvalue weighted by Crippen LogP contribution is 2.22. The molecule has 3 rings (SSSR count). The molecule has 0 unspecified atom stereocenters. The number of nitrogens with one attached hydrogen (secondary N) is 1. The average Bonchev–Trinajstić information content (AvgIpc) is 3.11. The first-order chi connectivity index (χ1) is 12.0. The van der Waals surface area contributed by atoms with Crippen LogP contribution in [0.3, 0.4) is 0 Å². The van der Waals surface area contributed by atoms with Crippen LogP contribution < -0.4 is 10.1 Å². The van der Waals surface area contributed by atoms with Gasteiger partial charge in [-0.05, 0) is 39.0 Å². The van der Waals surface area contributed by atoms with Gasteiger partial charge in [-0.3, -0.25) is 4.79 Å². The number of aryl methyl sites for hydroxylation is 2. The van der Waals surface area contributed by atoms with Gasteiger partial charge in [0.25, 0.3) is 5.91 Å². The van der Waals surface area contributed by atoms with E-state index in [4.69, 9.17) is 9.15 Å². The maximum atomic E-state index is 13.2. The Balaban J connectivity index is 1.74. The lowest BCUT2D eigenvalue weighted by molar-refractivity contribution is 0.102. The van der Waals surface area contributed by atoms with Crippen molar-refractivity contribution in [1.29, 1.82) is 0 Å². The van der Waals surface area contributed by atoms with Crippen molar-refractivity contribution in [2.75, 3.05) is 5.32 Å². The average molecular weight is 343 g/mol. The van der Waals surface area contributed by atoms with Gasteiger partial charge in [0.2, 0.25) is 0 Å². The van der Waals surface area contributed by atoms with Crippen LogP contribution in [0.2, 0.25) is 0 Å². The van der Waals surface area contributed by atoms with Crippen molar-refractivity contribution in [1.82, 2.24) is 9.78 Å². The van der Waals surface area contributed by atoms with E-state index in [0.717, 1.165) is 5.69 Å². The number of hydrogen-bond acceptors (Lipinski definition) is 4. The van der Waals surface area contributed by atoms with Crippen molar-refractivity contribution in [2.24, 2.45) is 0 Å². The first-order valence-electron chi connectivity index (χ1n) is 7.73. The summed E-state index contributed by atoms with van der Waals surface area (Å²) in [5, 5.41) is 7.22. The highest BCUT2D eigenvalue weighted by atomic mass is 19.1. The molecule has 0 saturated carbocycles. The van der Waals surface area contributed by atoms with Gasteiger partial charge in [0.15, 0.2) is 6.73 Å². The second-order valence-corrected chi connectivity index (χ2v) is 5.62. The second kappa shape index (κ2) is 6.80. The fraction of sp³-hybridized carbons (Fsp3) is 0.222. The van der Waals surface area contributed by atoms with Gasteiger partial charge in [0.05, 0.1) is 28.9 Å². The molecule has 0 fully saturated rings. The first-order valence-corrected chi connectivity index (χ1v) is 7.73. The Morgan fingerprint density at radius 2 is 2.12 bits per heavy atom. The highest BCUT2D eigenvalue weighted by Gasteiger charge is 2.17. The molecule has 130 valence electrons. The number of benzene rings is 1. The van der Waals surface area contributed by atoms with Gasteiger partial charge >= 0.3 is 0 Å². The van der Waals surface area contributed by atoms with E-state index in [-0.39, 0.29) is 18.5 Å². The van der Waals surface area contributed by atoms with Crippen LogP contribution in [0.1, 0.15) is 27.5 Å². The summed E-state index contributed by atoms with van der Waals surface area (Å²) in [5.74, 6) is 0.333. The molecule has 0 saturated heterocycles. The van der Waals surface area contributed by atoms with Crippen LogP contribution in [0.15, 0.2) is 41.0 Å². The van der Waals surface area contributed by atoms with Crippen molar-refractivity contribution in [3.63, 3.8) is 0 Å². The number of halogens is 1. The smallest absolute Gasteiger partial charge is 0.259 e. The standard InChI is InChI=1S/C18H18FN3O3/c1-11-17(20-18(23)16-7-8-24-13(16)3)12(2)22(21-11)10-25-15-6-4-5-14(19)9-15/h4-9H,10H2,1-3H3,(H,20,23). The summed E-state index contributed by atoms with van der Waals surface area (Å²) in [4.78, 5) is 12.3. The Hall–Kier alpha value is -3.09. The number of carbonyl (C=O) groups is 1. The number of aromatic nitrogens is 2. The number of amides is 1. The van der Waals surface area contributed by atoms with E-state index in [1.807, 2.05) is 6.92 Å². The fourth-order valence-electron chi connectivity index (χ4n) is 2.50. The Morgan fingerprint density at radius 3 is 2.80 bits per heavy atom. The van der Waals surface area contributed by atoms with Crippen LogP contribution in [0, 0.1) is 26.6 Å². The second-order valence-electron chi connectivity index (χ2n) is 5.62. The molecule has 2 aromatic heterocycles. The van der Waals surface area contributed by atoms with Crippen molar-refractivity contribution in [2.45, 2.75) is 27.5 Å². The molecule has 0 atom stereocenters. The third-order valence-electron chi connectivity index (χ3n) is 3.87. The van der Waals surface area contributed by atoms with Crippen LogP contribution in [0.4, 0.5) is 10.1 Å². The Bertz CT molecular complexity index is 914. The molecule has 0 bridgehead atoms. The van der Waals surface area contributed by atoms with Crippen molar-refractivity contribution < 1.29 is 18.3 Å². The molecule has 1 aromatic carbocycles. The van der Waals surface area contributed by atoms with Crippen molar-refractivity contribution in [3.05, 3.63) is 65.1 Å². The monoisotopic (exact) mass is 343 g/mol. The number of furan rings is 1. The van der Waals surface area contributed by atoms with Gasteiger partial charge in [-0.25, -0.2) is 9.07 Å². The molecule has 7 heteroatoms. The van der Waals surface area contributed by atoms with Crippen molar-refractivity contribution >= 4 is 11.6 Å². The van der Waals surface area contributed by atoms with Crippen LogP contribution in [-0.4, -0.2) is 15.7 Å². The highest BCUT2D eigenvalue weighted by molar-refractivity contribution is 6.05. The molecule has 0 spiro atoms. The van der Waals surface area contributed by atoms with E-state index in [9.17, 15) is 9.18 Å². The maximum absolute atomic E-state index is 13.2. The third-order valence-corrected chi connectivity index (χ3v) is 3.87. The van der Waals surface area contributed by atoms with Crippen LogP contribution in [-0.2, 0) is 6.73 Å². The molecule has 1 amide bonds. The summed E-state index contributed by atoms with van der Waals surface area (Å²) in [7, 11) is 0. The number of anilines is 1. The molecule has 0 aliphatic heterocycles. The lowest BCUT2D eigenvalue weighted by Crippen LogP contribution is -2.14. The van der Waals surface area contributed by atoms with E-state index in [0.29, 0.717) is 28.5 Å². The number of ether oxygens (including phenoxy) is 1. The summed E-state index contributed by atoms with van der Waals surface area (Å²) in [6.07, 6.45) is 1.47. The molecule has 1 N–H and O–H groups in total. The zero-order chi connectivity index (χ0) is 18.0. The van der Waals surface area contributed by atoms with E-state index >= 15 is 0 Å². The summed E-state index contributed by atoms with van der Waals surface area (Å²) in [5.41, 5.74) is 2.49. The molecule has 0 aliphatic rings. The predicted molar refractivity (Wildman–Crippen MR) is 90.1 cm³/mol. The number of rotatable bonds is 5. The number of carbonyl (C=O) groups excluding carboxylic acids is 1. The predicted octanol–water partition coefficient (Wildman–Crippen LogP) is 3.83. The minimum atomic E-state index is -0.366. The number of nitrogens with zero attached hydrogens (tertiary/aromatic N) is 2. The third kappa shape index (κ3) is 3.55. The summed E-state index contributed by atoms with van der Waals surface area (Å²) >= 11 is 0. The zero-order valence-electron chi connectivity index (χ0n) is 14.2. The lowest BCUT2D eigenvalue weighted by atomic mass is 10.2. The first kappa shape index (κ1) is 16.8. The molecule has 0 aliphatic carbocycles. The van der Waals surface area contributed by atoms with E-state index in [1.54, 1.807) is 36.7 Å². The minimum absolute atomic E-state index is 0.108. The molecular formula is C18H18FN3O3. The van der Waals surface area contributed by atoms with Gasteiger partial charge in [-0.1, -0.05) is 6.07 Å². The molecule has 25 heavy (non-hydrogen) atoms. The van der Waals surface area contributed by atoms with Crippen LogP contribution >= 0.6 is 0 Å². The summed E-state index contributed by atoms with van der Waals surface area (Å²) < 4.78 is 25.5. The Morgan fingerprint density at radius 1 is 1.32 bits per heavy atom. The zero-order valence-corrected chi connectivity index (χ0v) is 14.2. The molecular weight excluding hydrogens is 325 g/mol. The van der Waals surface area contributed by atoms with Gasteiger partial charge in [-0.2, -0.15) is 5.10 Å². The molecule has 3 aromatic rings. The lowest BCUT2D eigenvalue weighted by Gasteiger charge is -2.09. The summed E-state index contributed by atoms with van der Waals surface area (Å²) in [6, 6.07) is 7.51. The fourth-order valence-corrected chi connectivity index (χ4v) is 2.50. The van der Waals surface area contributed by atoms with Gasteiger partial charge in [0, 0.05) is 6.07 Å². The topological polar surface area (TPSA) is 69.3 Å². The van der Waals surface area contributed by atoms with Gasteiger partial charge in [0.1, 0.15) is 17.3 Å². The van der Waals surface area contributed by atoms with Crippen molar-refractivity contribution in [3.8, 4) is 5.75 Å². The Labute approximate surface area is 144 Å². The van der Waals surface area contributed by atoms with E-state index in [2.05, 4.69) is 10.4 Å². The van der Waals surface area contributed by atoms with Gasteiger partial charge < -0.3 is 14.5 Å². The SMILES string of the molecule is Cc1nn(COc2cccc(F)c2)c(C)c1NC(=O)c1ccoc1C. The quantitative estimate of drug-likeness (QED) is 0.764.